The minimum absolute atomic E-state index is 0.0249. The van der Waals surface area contributed by atoms with Crippen LogP contribution in [0.15, 0.2) is 0 Å². The van der Waals surface area contributed by atoms with Crippen molar-refractivity contribution in [1.82, 2.24) is 0 Å². The van der Waals surface area contributed by atoms with Crippen LogP contribution >= 0.6 is 0 Å². The normalized spacial score (nSPS) is 60.4. The number of hydrogen-bond acceptors (Lipinski definition) is 2. The smallest absolute Gasteiger partial charge is 0.0653 e. The molecule has 3 rings (SSSR count). The second-order valence-corrected chi connectivity index (χ2v) is 8.37. The van der Waals surface area contributed by atoms with Crippen molar-refractivity contribution in [3.05, 3.63) is 0 Å². The zero-order valence-corrected chi connectivity index (χ0v) is 11.6. The van der Waals surface area contributed by atoms with Crippen molar-refractivity contribution in [3.8, 4) is 0 Å². The van der Waals surface area contributed by atoms with Gasteiger partial charge in [0, 0.05) is 10.8 Å². The van der Waals surface area contributed by atoms with Crippen LogP contribution in [-0.2, 0) is 0 Å². The Balaban J connectivity index is 2.06. The molecule has 0 aliphatic heterocycles. The first-order valence-corrected chi connectivity index (χ1v) is 7.02. The van der Waals surface area contributed by atoms with Gasteiger partial charge >= 0.3 is 0 Å². The van der Waals surface area contributed by atoms with Crippen LogP contribution < -0.4 is 0 Å². The van der Waals surface area contributed by atoms with Crippen molar-refractivity contribution in [2.24, 2.45) is 21.7 Å². The van der Waals surface area contributed by atoms with Crippen molar-refractivity contribution in [2.75, 3.05) is 0 Å². The highest BCUT2D eigenvalue weighted by molar-refractivity contribution is 5.22. The van der Waals surface area contributed by atoms with Gasteiger partial charge in [0.1, 0.15) is 0 Å². The number of fused-ring (bicyclic) bond motifs is 3. The predicted octanol–water partition coefficient (Wildman–Crippen LogP) is 2.72. The Kier molecular flexibility index (Phi) is 2.05. The maximum atomic E-state index is 10.6. The first-order valence-electron chi connectivity index (χ1n) is 7.02. The molecule has 17 heavy (non-hydrogen) atoms. The van der Waals surface area contributed by atoms with Crippen LogP contribution in [0.1, 0.15) is 59.8 Å². The van der Waals surface area contributed by atoms with Gasteiger partial charge < -0.3 is 10.2 Å². The predicted molar refractivity (Wildman–Crippen MR) is 67.5 cm³/mol. The van der Waals surface area contributed by atoms with Gasteiger partial charge in [0.15, 0.2) is 0 Å². The van der Waals surface area contributed by atoms with Gasteiger partial charge in [-0.2, -0.15) is 0 Å². The Labute approximate surface area is 104 Å². The monoisotopic (exact) mass is 238 g/mol. The summed E-state index contributed by atoms with van der Waals surface area (Å²) < 4.78 is 0. The molecule has 2 heteroatoms. The molecular weight excluding hydrogens is 212 g/mol. The molecule has 3 saturated carbocycles. The standard InChI is InChI=1S/C15H26O2/c1-12(2)7-10(16)15(8-12)9-13(3)5-6-14(15,4)11(13)17/h10-11,16-17H,5-9H2,1-4H3/t10-,11+,13-,14-,15+/m0/s1. The van der Waals surface area contributed by atoms with Crippen molar-refractivity contribution in [3.63, 3.8) is 0 Å². The summed E-state index contributed by atoms with van der Waals surface area (Å²) in [5.41, 5.74) is 0.191. The van der Waals surface area contributed by atoms with E-state index < -0.39 is 0 Å². The molecule has 1 spiro atoms. The quantitative estimate of drug-likeness (QED) is 0.681. The molecule has 0 saturated heterocycles. The van der Waals surface area contributed by atoms with E-state index in [1.165, 1.54) is 0 Å². The van der Waals surface area contributed by atoms with E-state index in [1.54, 1.807) is 0 Å². The molecule has 5 atom stereocenters. The van der Waals surface area contributed by atoms with E-state index in [-0.39, 0.29) is 33.9 Å². The van der Waals surface area contributed by atoms with Gasteiger partial charge in [0.2, 0.25) is 0 Å². The average molecular weight is 238 g/mol. The fourth-order valence-electron chi connectivity index (χ4n) is 5.74. The number of rotatable bonds is 0. The Morgan fingerprint density at radius 1 is 0.941 bits per heavy atom. The molecule has 0 unspecified atom stereocenters. The second-order valence-electron chi connectivity index (χ2n) is 8.37. The van der Waals surface area contributed by atoms with E-state index in [9.17, 15) is 10.2 Å². The van der Waals surface area contributed by atoms with E-state index in [2.05, 4.69) is 27.7 Å². The van der Waals surface area contributed by atoms with Gasteiger partial charge in [-0.05, 0) is 42.9 Å². The van der Waals surface area contributed by atoms with Gasteiger partial charge in [-0.25, -0.2) is 0 Å². The van der Waals surface area contributed by atoms with Crippen LogP contribution in [0.4, 0.5) is 0 Å². The molecule has 2 nitrogen and oxygen atoms in total. The van der Waals surface area contributed by atoms with E-state index in [1.807, 2.05) is 0 Å². The van der Waals surface area contributed by atoms with Crippen LogP contribution in [0.25, 0.3) is 0 Å². The highest BCUT2D eigenvalue weighted by atomic mass is 16.3. The maximum Gasteiger partial charge on any atom is 0.0653 e. The van der Waals surface area contributed by atoms with Crippen molar-refractivity contribution < 1.29 is 10.2 Å². The fourth-order valence-corrected chi connectivity index (χ4v) is 5.74. The Bertz CT molecular complexity index is 364. The maximum absolute atomic E-state index is 10.6. The molecule has 0 aromatic rings. The second kappa shape index (κ2) is 2.91. The van der Waals surface area contributed by atoms with Gasteiger partial charge in [-0.3, -0.25) is 0 Å². The summed E-state index contributed by atoms with van der Waals surface area (Å²) in [6.07, 6.45) is 4.74. The minimum Gasteiger partial charge on any atom is -0.393 e. The molecule has 0 aromatic carbocycles. The molecule has 0 radical (unpaired) electrons. The number of aliphatic hydroxyl groups excluding tert-OH is 2. The minimum atomic E-state index is -0.224. The Hall–Kier alpha value is -0.0800. The van der Waals surface area contributed by atoms with Gasteiger partial charge in [0.25, 0.3) is 0 Å². The largest absolute Gasteiger partial charge is 0.393 e. The third-order valence-corrected chi connectivity index (χ3v) is 6.51. The molecule has 2 N–H and O–H groups in total. The third kappa shape index (κ3) is 1.19. The number of aliphatic hydroxyl groups is 2. The van der Waals surface area contributed by atoms with Crippen LogP contribution in [0.3, 0.4) is 0 Å². The fraction of sp³-hybridized carbons (Fsp3) is 1.00. The van der Waals surface area contributed by atoms with E-state index in [0.717, 1.165) is 32.1 Å². The summed E-state index contributed by atoms with van der Waals surface area (Å²) in [5, 5.41) is 21.3. The summed E-state index contributed by atoms with van der Waals surface area (Å²) in [6.45, 7) is 8.96. The van der Waals surface area contributed by atoms with Crippen LogP contribution in [0.2, 0.25) is 0 Å². The van der Waals surface area contributed by atoms with Gasteiger partial charge in [-0.1, -0.05) is 27.7 Å². The summed E-state index contributed by atoms with van der Waals surface area (Å²) >= 11 is 0. The first-order chi connectivity index (χ1) is 7.65. The summed E-state index contributed by atoms with van der Waals surface area (Å²) in [4.78, 5) is 0. The molecule has 0 aromatic heterocycles. The molecular formula is C15H26O2. The Morgan fingerprint density at radius 2 is 1.59 bits per heavy atom. The highest BCUT2D eigenvalue weighted by Gasteiger charge is 2.73. The van der Waals surface area contributed by atoms with Crippen molar-refractivity contribution in [1.29, 1.82) is 0 Å². The molecule has 3 fully saturated rings. The lowest BCUT2D eigenvalue weighted by atomic mass is 9.59. The van der Waals surface area contributed by atoms with E-state index in [4.69, 9.17) is 0 Å². The van der Waals surface area contributed by atoms with Crippen molar-refractivity contribution in [2.45, 2.75) is 72.0 Å². The SMILES string of the molecule is CC1(C)C[C@H](O)[C@@]2(C1)C[C@]1(C)CC[C@@]2(C)[C@@H]1O. The topological polar surface area (TPSA) is 40.5 Å². The highest BCUT2D eigenvalue weighted by Crippen LogP contribution is 2.75. The lowest BCUT2D eigenvalue weighted by Gasteiger charge is -2.46. The third-order valence-electron chi connectivity index (χ3n) is 6.51. The van der Waals surface area contributed by atoms with Crippen molar-refractivity contribution >= 4 is 0 Å². The lowest BCUT2D eigenvalue weighted by Crippen LogP contribution is -2.45. The van der Waals surface area contributed by atoms with Crippen LogP contribution in [0, 0.1) is 21.7 Å². The molecule has 0 heterocycles. The molecule has 3 aliphatic rings. The number of hydrogen-bond donors (Lipinski definition) is 2. The summed E-state index contributed by atoms with van der Waals surface area (Å²) in [6, 6.07) is 0. The molecule has 0 amide bonds. The van der Waals surface area contributed by atoms with Gasteiger partial charge in [-0.15, -0.1) is 0 Å². The zero-order valence-electron chi connectivity index (χ0n) is 11.6. The Morgan fingerprint density at radius 3 is 1.94 bits per heavy atom. The lowest BCUT2D eigenvalue weighted by molar-refractivity contribution is -0.0684. The summed E-state index contributed by atoms with van der Waals surface area (Å²) in [5.74, 6) is 0. The zero-order chi connectivity index (χ0) is 12.7. The summed E-state index contributed by atoms with van der Waals surface area (Å²) in [7, 11) is 0. The van der Waals surface area contributed by atoms with E-state index >= 15 is 0 Å². The van der Waals surface area contributed by atoms with Crippen LogP contribution in [-0.4, -0.2) is 22.4 Å². The van der Waals surface area contributed by atoms with E-state index in [0.29, 0.717) is 0 Å². The molecule has 98 valence electrons. The van der Waals surface area contributed by atoms with Gasteiger partial charge in [0.05, 0.1) is 12.2 Å². The average Bonchev–Trinajstić information content (AvgIpc) is 2.61. The first kappa shape index (κ1) is 12.0. The molecule has 3 aliphatic carbocycles. The molecule has 2 bridgehead atoms. The van der Waals surface area contributed by atoms with Crippen LogP contribution in [0.5, 0.6) is 0 Å².